The lowest BCUT2D eigenvalue weighted by Crippen LogP contribution is -2.55. The van der Waals surface area contributed by atoms with Crippen molar-refractivity contribution in [2.75, 3.05) is 49.1 Å². The molecule has 1 N–H and O–H groups in total. The van der Waals surface area contributed by atoms with Crippen LogP contribution in [0.2, 0.25) is 0 Å². The maximum atomic E-state index is 12.6. The second-order valence-corrected chi connectivity index (χ2v) is 12.4. The van der Waals surface area contributed by atoms with Gasteiger partial charge in [0.1, 0.15) is 18.2 Å². The molecule has 2 atom stereocenters. The summed E-state index contributed by atoms with van der Waals surface area (Å²) in [6, 6.07) is 15.2. The number of amides is 1. The second-order valence-electron chi connectivity index (χ2n) is 12.4. The molecule has 10 nitrogen and oxygen atoms in total. The molecule has 0 spiro atoms. The molecule has 0 bridgehead atoms. The first kappa shape index (κ1) is 28.4. The molecule has 3 aliphatic heterocycles. The predicted molar refractivity (Wildman–Crippen MR) is 169 cm³/mol. The Morgan fingerprint density at radius 3 is 2.77 bits per heavy atom. The number of ether oxygens (including phenoxy) is 1. The zero-order chi connectivity index (χ0) is 30.2. The molecule has 3 aromatic rings. The van der Waals surface area contributed by atoms with Crippen LogP contribution in [-0.4, -0.2) is 88.2 Å². The third-order valence-electron chi connectivity index (χ3n) is 9.60. The highest BCUT2D eigenvalue weighted by Crippen LogP contribution is 2.37. The van der Waals surface area contributed by atoms with E-state index in [0.29, 0.717) is 50.9 Å². The molecule has 1 amide bonds. The first-order valence-electron chi connectivity index (χ1n) is 15.8. The van der Waals surface area contributed by atoms with Gasteiger partial charge in [-0.25, -0.2) is 0 Å². The Kier molecular flexibility index (Phi) is 7.73. The maximum absolute atomic E-state index is 12.6. The van der Waals surface area contributed by atoms with Gasteiger partial charge in [0.15, 0.2) is 0 Å². The highest BCUT2D eigenvalue weighted by molar-refractivity contribution is 5.95. The fraction of sp³-hybridized carbons (Fsp3) is 0.471. The van der Waals surface area contributed by atoms with Gasteiger partial charge in [-0.2, -0.15) is 15.2 Å². The number of benzene rings is 2. The van der Waals surface area contributed by atoms with Gasteiger partial charge in [-0.1, -0.05) is 30.8 Å². The van der Waals surface area contributed by atoms with Crippen molar-refractivity contribution in [3.05, 3.63) is 60.3 Å². The normalized spacial score (nSPS) is 22.1. The van der Waals surface area contributed by atoms with Crippen molar-refractivity contribution in [1.29, 1.82) is 5.26 Å². The average Bonchev–Trinajstić information content (AvgIpc) is 3.79. The highest BCUT2D eigenvalue weighted by atomic mass is 16.5. The Balaban J connectivity index is 1.21. The number of anilines is 2. The summed E-state index contributed by atoms with van der Waals surface area (Å²) in [6.45, 7) is 8.26. The van der Waals surface area contributed by atoms with Crippen LogP contribution in [0.5, 0.6) is 11.8 Å². The van der Waals surface area contributed by atoms with Crippen LogP contribution in [0.15, 0.2) is 49.1 Å². The Morgan fingerprint density at radius 2 is 1.95 bits per heavy atom. The van der Waals surface area contributed by atoms with Crippen molar-refractivity contribution in [1.82, 2.24) is 19.8 Å². The number of carbonyl (C=O) groups is 1. The van der Waals surface area contributed by atoms with E-state index in [-0.39, 0.29) is 24.1 Å². The van der Waals surface area contributed by atoms with E-state index in [9.17, 15) is 15.2 Å². The fourth-order valence-corrected chi connectivity index (χ4v) is 7.29. The second kappa shape index (κ2) is 12.0. The third kappa shape index (κ3) is 5.52. The summed E-state index contributed by atoms with van der Waals surface area (Å²) in [5.74, 6) is 0.929. The summed E-state index contributed by atoms with van der Waals surface area (Å²) in [6.07, 6.45) is 7.17. The van der Waals surface area contributed by atoms with Gasteiger partial charge in [0.05, 0.1) is 30.8 Å². The quantitative estimate of drug-likeness (QED) is 0.388. The summed E-state index contributed by atoms with van der Waals surface area (Å²) < 4.78 is 6.40. The molecule has 3 fully saturated rings. The number of aromatic hydroxyl groups is 1. The summed E-state index contributed by atoms with van der Waals surface area (Å²) in [7, 11) is 0. The van der Waals surface area contributed by atoms with Gasteiger partial charge >= 0.3 is 6.01 Å². The SMILES string of the molecule is C=CC(=O)N1CCN(c2nc(OC[C@@H]3CCCN3C3CC3)nc3c2CCN(c2cc(O)cc4ccccc24)C3)C[C@@H]1CC#N. The minimum atomic E-state index is -0.251. The molecule has 2 aromatic carbocycles. The number of likely N-dealkylation sites (tertiary alicyclic amines) is 1. The van der Waals surface area contributed by atoms with Crippen LogP contribution in [0.3, 0.4) is 0 Å². The number of nitrogens with zero attached hydrogens (tertiary/aromatic N) is 7. The number of phenols is 1. The van der Waals surface area contributed by atoms with Gasteiger partial charge in [-0.05, 0) is 56.2 Å². The lowest BCUT2D eigenvalue weighted by Gasteiger charge is -2.42. The Morgan fingerprint density at radius 1 is 1.09 bits per heavy atom. The molecule has 4 heterocycles. The Labute approximate surface area is 258 Å². The molecule has 0 radical (unpaired) electrons. The van der Waals surface area contributed by atoms with Crippen molar-refractivity contribution in [3.8, 4) is 17.8 Å². The highest BCUT2D eigenvalue weighted by Gasteiger charge is 2.38. The minimum Gasteiger partial charge on any atom is -0.508 e. The predicted octanol–water partition coefficient (Wildman–Crippen LogP) is 4.02. The van der Waals surface area contributed by atoms with Crippen molar-refractivity contribution in [2.45, 2.75) is 63.2 Å². The Hall–Kier alpha value is -4.36. The molecular weight excluding hydrogens is 554 g/mol. The number of hydrogen-bond donors (Lipinski definition) is 1. The summed E-state index contributed by atoms with van der Waals surface area (Å²) in [5.41, 5.74) is 2.97. The van der Waals surface area contributed by atoms with Gasteiger partial charge in [0.2, 0.25) is 5.91 Å². The molecule has 1 aliphatic carbocycles. The average molecular weight is 594 g/mol. The van der Waals surface area contributed by atoms with Crippen LogP contribution in [-0.2, 0) is 17.8 Å². The van der Waals surface area contributed by atoms with Crippen molar-refractivity contribution in [2.24, 2.45) is 0 Å². The van der Waals surface area contributed by atoms with E-state index < -0.39 is 0 Å². The number of phenolic OH excluding ortho intramolecular Hbond substituents is 1. The van der Waals surface area contributed by atoms with Crippen LogP contribution in [0.25, 0.3) is 10.8 Å². The lowest BCUT2D eigenvalue weighted by atomic mass is 10.0. The minimum absolute atomic E-state index is 0.149. The monoisotopic (exact) mass is 593 g/mol. The number of nitriles is 1. The zero-order valence-electron chi connectivity index (χ0n) is 25.1. The summed E-state index contributed by atoms with van der Waals surface area (Å²) in [5, 5.41) is 22.2. The number of piperazine rings is 1. The number of fused-ring (bicyclic) bond motifs is 2. The molecule has 228 valence electrons. The molecule has 44 heavy (non-hydrogen) atoms. The van der Waals surface area contributed by atoms with E-state index in [0.717, 1.165) is 59.5 Å². The smallest absolute Gasteiger partial charge is 0.318 e. The van der Waals surface area contributed by atoms with Crippen LogP contribution >= 0.6 is 0 Å². The van der Waals surface area contributed by atoms with Gasteiger partial charge < -0.3 is 24.5 Å². The van der Waals surface area contributed by atoms with E-state index in [2.05, 4.69) is 33.4 Å². The van der Waals surface area contributed by atoms with Crippen LogP contribution < -0.4 is 14.5 Å². The molecule has 1 saturated carbocycles. The van der Waals surface area contributed by atoms with Gasteiger partial charge in [0, 0.05) is 61.0 Å². The maximum Gasteiger partial charge on any atom is 0.318 e. The molecule has 10 heteroatoms. The first-order chi connectivity index (χ1) is 21.5. The number of hydrogen-bond acceptors (Lipinski definition) is 9. The molecule has 7 rings (SSSR count). The van der Waals surface area contributed by atoms with Crippen molar-refractivity contribution >= 4 is 28.2 Å². The molecule has 0 unspecified atom stereocenters. The van der Waals surface area contributed by atoms with Crippen LogP contribution in [0, 0.1) is 11.3 Å². The topological polar surface area (TPSA) is 109 Å². The lowest BCUT2D eigenvalue weighted by molar-refractivity contribution is -0.128. The van der Waals surface area contributed by atoms with Gasteiger partial charge in [0.25, 0.3) is 0 Å². The first-order valence-corrected chi connectivity index (χ1v) is 15.8. The van der Waals surface area contributed by atoms with Gasteiger partial charge in [-0.15, -0.1) is 0 Å². The third-order valence-corrected chi connectivity index (χ3v) is 9.60. The van der Waals surface area contributed by atoms with Crippen molar-refractivity contribution in [3.63, 3.8) is 0 Å². The standard InChI is InChI=1S/C34H39N7O3/c1-2-32(43)41-17-16-39(20-25(41)11-13-35)33-29-12-15-38(31-19-27(42)18-23-6-3-4-8-28(23)31)21-30(29)36-34(37-33)44-22-26-7-5-14-40(26)24-9-10-24/h2-4,6,8,18-19,24-26,42H,1,5,7,9-12,14-17,20-22H2/t25-,26-/m0/s1. The summed E-state index contributed by atoms with van der Waals surface area (Å²) in [4.78, 5) is 31.4. The van der Waals surface area contributed by atoms with Crippen molar-refractivity contribution < 1.29 is 14.6 Å². The largest absolute Gasteiger partial charge is 0.508 e. The number of rotatable bonds is 8. The van der Waals surface area contributed by atoms with E-state index in [1.54, 1.807) is 11.0 Å². The molecule has 2 saturated heterocycles. The van der Waals surface area contributed by atoms with E-state index in [1.165, 1.54) is 25.3 Å². The van der Waals surface area contributed by atoms with E-state index in [1.807, 2.05) is 24.3 Å². The summed E-state index contributed by atoms with van der Waals surface area (Å²) >= 11 is 0. The van der Waals surface area contributed by atoms with Crippen LogP contribution in [0.4, 0.5) is 11.5 Å². The molecule has 1 aromatic heterocycles. The van der Waals surface area contributed by atoms with Gasteiger partial charge in [-0.3, -0.25) is 9.69 Å². The Bertz CT molecular complexity index is 1620. The fourth-order valence-electron chi connectivity index (χ4n) is 7.29. The van der Waals surface area contributed by atoms with E-state index in [4.69, 9.17) is 14.7 Å². The number of carbonyl (C=O) groups excluding carboxylic acids is 1. The van der Waals surface area contributed by atoms with E-state index >= 15 is 0 Å². The van der Waals surface area contributed by atoms with Crippen LogP contribution in [0.1, 0.15) is 43.4 Å². The zero-order valence-corrected chi connectivity index (χ0v) is 25.1. The molecule has 4 aliphatic rings. The number of aromatic nitrogens is 2. The molecular formula is C34H39N7O3.